The Morgan fingerprint density at radius 3 is 2.50 bits per heavy atom. The molecule has 194 valence electrons. The van der Waals surface area contributed by atoms with Gasteiger partial charge in [-0.2, -0.15) is 0 Å². The van der Waals surface area contributed by atoms with E-state index in [0.29, 0.717) is 5.56 Å². The molecule has 1 aliphatic rings. The minimum Gasteiger partial charge on any atom is -0.255 e. The summed E-state index contributed by atoms with van der Waals surface area (Å²) in [6, 6.07) is 22.8. The number of hydrogen-bond donors (Lipinski definition) is 0. The van der Waals surface area contributed by atoms with Crippen molar-refractivity contribution in [3.8, 4) is 21.7 Å². The summed E-state index contributed by atoms with van der Waals surface area (Å²) in [6.45, 7) is 8.96. The van der Waals surface area contributed by atoms with Crippen molar-refractivity contribution in [2.75, 3.05) is 0 Å². The Bertz CT molecular complexity index is 1800. The molecule has 0 atom stereocenters. The summed E-state index contributed by atoms with van der Waals surface area (Å²) >= 11 is 1.60. The summed E-state index contributed by atoms with van der Waals surface area (Å²) in [5, 5.41) is 3.49. The first-order valence-electron chi connectivity index (χ1n) is 15.7. The highest BCUT2D eigenvalue weighted by Crippen LogP contribution is 2.45. The molecule has 2 heteroatoms. The van der Waals surface area contributed by atoms with Gasteiger partial charge in [-0.25, -0.2) is 0 Å². The monoisotopic (exact) mass is 521 g/mol. The lowest BCUT2D eigenvalue weighted by Crippen LogP contribution is -2.20. The number of hydrogen-bond acceptors (Lipinski definition) is 2. The summed E-state index contributed by atoms with van der Waals surface area (Å²) in [7, 11) is 0. The fourth-order valence-electron chi connectivity index (χ4n) is 5.87. The molecule has 0 N–H and O–H groups in total. The van der Waals surface area contributed by atoms with Crippen molar-refractivity contribution in [1.29, 1.82) is 0 Å². The Hall–Kier alpha value is -2.97. The molecule has 5 aromatic rings. The van der Waals surface area contributed by atoms with E-state index in [4.69, 9.17) is 9.10 Å². The van der Waals surface area contributed by atoms with Gasteiger partial charge in [0.1, 0.15) is 0 Å². The van der Waals surface area contributed by atoms with Crippen LogP contribution in [0.25, 0.3) is 42.6 Å². The molecule has 2 heterocycles. The number of pyridine rings is 1. The normalized spacial score (nSPS) is 19.1. The second-order valence-electron chi connectivity index (χ2n) is 12.7. The molecule has 1 nitrogen and oxygen atoms in total. The van der Waals surface area contributed by atoms with Gasteiger partial charge >= 0.3 is 0 Å². The predicted octanol–water partition coefficient (Wildman–Crippen LogP) is 11.1. The van der Waals surface area contributed by atoms with Crippen molar-refractivity contribution in [3.63, 3.8) is 0 Å². The van der Waals surface area contributed by atoms with E-state index in [2.05, 4.69) is 77.1 Å². The molecule has 1 aliphatic carbocycles. The van der Waals surface area contributed by atoms with Gasteiger partial charge in [-0.05, 0) is 112 Å². The molecule has 0 unspecified atom stereocenters. The summed E-state index contributed by atoms with van der Waals surface area (Å²) in [5.41, 5.74) is 5.34. The number of aromatic nitrogens is 1. The predicted molar refractivity (Wildman–Crippen MR) is 166 cm³/mol. The number of rotatable bonds is 3. The average Bonchev–Trinajstić information content (AvgIpc) is 3.37. The number of nitrogens with zero attached hydrogens (tertiary/aromatic N) is 1. The van der Waals surface area contributed by atoms with E-state index in [9.17, 15) is 1.37 Å². The van der Waals surface area contributed by atoms with Crippen LogP contribution in [0.5, 0.6) is 0 Å². The Labute approximate surface area is 237 Å². The van der Waals surface area contributed by atoms with Crippen molar-refractivity contribution in [2.24, 2.45) is 5.41 Å². The lowest BCUT2D eigenvalue weighted by molar-refractivity contribution is 0.224. The van der Waals surface area contributed by atoms with E-state index in [-0.39, 0.29) is 10.8 Å². The highest BCUT2D eigenvalue weighted by molar-refractivity contribution is 7.22. The van der Waals surface area contributed by atoms with E-state index < -0.39 is 12.7 Å². The van der Waals surface area contributed by atoms with Crippen molar-refractivity contribution < 1.29 is 5.48 Å². The second-order valence-corrected chi connectivity index (χ2v) is 13.8. The molecule has 0 spiro atoms. The first kappa shape index (κ1) is 20.9. The van der Waals surface area contributed by atoms with Crippen LogP contribution in [0.4, 0.5) is 0 Å². The third kappa shape index (κ3) is 4.69. The van der Waals surface area contributed by atoms with Crippen LogP contribution in [0.2, 0.25) is 0 Å². The van der Waals surface area contributed by atoms with Crippen LogP contribution in [0.1, 0.15) is 88.4 Å². The number of fused-ring (bicyclic) bond motifs is 2. The molecule has 0 aliphatic heterocycles. The lowest BCUT2D eigenvalue weighted by Gasteiger charge is -2.34. The van der Waals surface area contributed by atoms with Gasteiger partial charge in [-0.15, -0.1) is 11.3 Å². The van der Waals surface area contributed by atoms with Gasteiger partial charge in [0.2, 0.25) is 0 Å². The highest BCUT2D eigenvalue weighted by Gasteiger charge is 2.28. The number of thiophene rings is 1. The zero-order chi connectivity index (χ0) is 30.1. The summed E-state index contributed by atoms with van der Waals surface area (Å²) in [5.74, 6) is -0.744. The molecular weight excluding hydrogens is 478 g/mol. The molecule has 1 saturated carbocycles. The molecule has 0 bridgehead atoms. The van der Waals surface area contributed by atoms with Crippen LogP contribution in [0, 0.1) is 12.3 Å². The average molecular weight is 522 g/mol. The molecule has 0 amide bonds. The number of benzene rings is 3. The Morgan fingerprint density at radius 2 is 1.74 bits per heavy atom. The van der Waals surface area contributed by atoms with Crippen LogP contribution >= 0.6 is 11.3 Å². The van der Waals surface area contributed by atoms with Crippen LogP contribution in [0.3, 0.4) is 0 Å². The molecule has 38 heavy (non-hydrogen) atoms. The molecule has 3 aromatic carbocycles. The van der Waals surface area contributed by atoms with Gasteiger partial charge in [0.05, 0.1) is 10.4 Å². The van der Waals surface area contributed by atoms with Crippen LogP contribution in [-0.2, 0) is 5.41 Å². The summed E-state index contributed by atoms with van der Waals surface area (Å²) in [4.78, 5) is 5.77. The van der Waals surface area contributed by atoms with E-state index in [1.807, 2.05) is 24.4 Å². The fraction of sp³-hybridized carbons (Fsp3) is 0.361. The van der Waals surface area contributed by atoms with E-state index in [1.165, 1.54) is 16.3 Å². The van der Waals surface area contributed by atoms with E-state index in [1.54, 1.807) is 17.4 Å². The first-order chi connectivity index (χ1) is 19.6. The van der Waals surface area contributed by atoms with Crippen molar-refractivity contribution in [1.82, 2.24) is 4.98 Å². The number of aryl methyl sites for hydroxylation is 1. The van der Waals surface area contributed by atoms with Gasteiger partial charge in [-0.3, -0.25) is 4.98 Å². The molecule has 1 fully saturated rings. The second kappa shape index (κ2) is 9.35. The molecule has 0 saturated heterocycles. The minimum atomic E-state index is -2.28. The maximum absolute atomic E-state index is 9.25. The van der Waals surface area contributed by atoms with Crippen LogP contribution < -0.4 is 0 Å². The summed E-state index contributed by atoms with van der Waals surface area (Å²) in [6.07, 6.45) is 5.29. The fourth-order valence-corrected chi connectivity index (χ4v) is 7.07. The van der Waals surface area contributed by atoms with Crippen LogP contribution in [0.15, 0.2) is 72.9 Å². The van der Waals surface area contributed by atoms with Gasteiger partial charge < -0.3 is 0 Å². The lowest BCUT2D eigenvalue weighted by atomic mass is 9.71. The minimum absolute atomic E-state index is 0.0379. The van der Waals surface area contributed by atoms with Gasteiger partial charge in [-0.1, -0.05) is 77.1 Å². The quantitative estimate of drug-likeness (QED) is 0.230. The van der Waals surface area contributed by atoms with Crippen LogP contribution in [-0.4, -0.2) is 4.98 Å². The maximum atomic E-state index is 9.25. The molecular formula is C36H39NS. The van der Waals surface area contributed by atoms with Gasteiger partial charge in [0, 0.05) is 22.1 Å². The van der Waals surface area contributed by atoms with Crippen molar-refractivity contribution in [2.45, 2.75) is 78.5 Å². The maximum Gasteiger partial charge on any atom is 0.0880 e. The SMILES string of the molecule is [2H]C([2H])([2H])c1cc(C2([2H])CCC(C)(C)CC2)ccc1-c1cc2ccnc(-c3cc(C(C)(C)C)c4ccccc4c3)c2s1. The third-order valence-corrected chi connectivity index (χ3v) is 9.47. The standard InChI is InChI=1S/C36H39NS/c1-23-19-25(24-13-16-36(5,6)17-14-24)11-12-29(23)32-22-27-15-18-37-33(34(27)38-32)28-20-26-9-7-8-10-30(26)31(21-28)35(2,3)4/h7-12,15,18-22,24H,13-14,16-17H2,1-6H3/i1D3,24D. The third-order valence-electron chi connectivity index (χ3n) is 8.28. The molecule has 6 rings (SSSR count). The highest BCUT2D eigenvalue weighted by atomic mass is 32.1. The zero-order valence-corrected chi connectivity index (χ0v) is 23.9. The van der Waals surface area contributed by atoms with Gasteiger partial charge in [0.15, 0.2) is 0 Å². The van der Waals surface area contributed by atoms with E-state index in [0.717, 1.165) is 63.0 Å². The topological polar surface area (TPSA) is 12.9 Å². The molecule has 2 aromatic heterocycles. The zero-order valence-electron chi connectivity index (χ0n) is 27.1. The first-order valence-corrected chi connectivity index (χ1v) is 14.5. The van der Waals surface area contributed by atoms with Gasteiger partial charge in [0.25, 0.3) is 0 Å². The smallest absolute Gasteiger partial charge is 0.0880 e. The van der Waals surface area contributed by atoms with E-state index >= 15 is 0 Å². The Balaban J connectivity index is 1.48. The largest absolute Gasteiger partial charge is 0.255 e. The summed E-state index contributed by atoms with van der Waals surface area (Å²) < 4.78 is 35.6. The van der Waals surface area contributed by atoms with Crippen molar-refractivity contribution >= 4 is 32.2 Å². The van der Waals surface area contributed by atoms with Crippen molar-refractivity contribution in [3.05, 3.63) is 89.6 Å². The Kier molecular flexibility index (Phi) is 5.15. The Morgan fingerprint density at radius 1 is 0.947 bits per heavy atom. The molecule has 0 radical (unpaired) electrons.